The first kappa shape index (κ1) is 15.8. The van der Waals surface area contributed by atoms with Gasteiger partial charge in [-0.15, -0.1) is 0 Å². The zero-order chi connectivity index (χ0) is 15.6. The fraction of sp³-hybridized carbons (Fsp3) is 0.333. The van der Waals surface area contributed by atoms with Crippen LogP contribution in [0, 0.1) is 13.8 Å². The van der Waals surface area contributed by atoms with E-state index in [2.05, 4.69) is 17.3 Å². The molecule has 4 nitrogen and oxygen atoms in total. The van der Waals surface area contributed by atoms with Gasteiger partial charge in [0.15, 0.2) is 5.11 Å². The van der Waals surface area contributed by atoms with Crippen LogP contribution in [-0.4, -0.2) is 26.8 Å². The highest BCUT2D eigenvalue weighted by Crippen LogP contribution is 2.21. The molecule has 2 rings (SSSR count). The van der Waals surface area contributed by atoms with Crippen LogP contribution in [-0.2, 0) is 13.6 Å². The third-order valence-corrected chi connectivity index (χ3v) is 4.26. The average Bonchev–Trinajstić information content (AvgIpc) is 2.67. The minimum atomic E-state index is 0.630. The topological polar surface area (TPSA) is 33.1 Å². The van der Waals surface area contributed by atoms with Crippen molar-refractivity contribution in [2.45, 2.75) is 20.4 Å². The largest absolute Gasteiger partial charge is 0.348 e. The van der Waals surface area contributed by atoms with Gasteiger partial charge in [-0.2, -0.15) is 5.10 Å². The average molecular weight is 323 g/mol. The number of rotatable bonds is 3. The Kier molecular flexibility index (Phi) is 4.85. The number of hydrogen-bond acceptors (Lipinski definition) is 2. The molecular weight excluding hydrogens is 304 g/mol. The van der Waals surface area contributed by atoms with E-state index in [9.17, 15) is 0 Å². The van der Waals surface area contributed by atoms with Crippen molar-refractivity contribution in [1.82, 2.24) is 14.7 Å². The molecule has 0 saturated carbocycles. The van der Waals surface area contributed by atoms with E-state index >= 15 is 0 Å². The van der Waals surface area contributed by atoms with Gasteiger partial charge in [-0.3, -0.25) is 4.68 Å². The maximum Gasteiger partial charge on any atom is 0.173 e. The van der Waals surface area contributed by atoms with E-state index in [1.54, 1.807) is 0 Å². The predicted molar refractivity (Wildman–Crippen MR) is 91.8 cm³/mol. The van der Waals surface area contributed by atoms with E-state index in [4.69, 9.17) is 23.8 Å². The molecule has 0 atom stereocenters. The second-order valence-corrected chi connectivity index (χ2v) is 5.83. The number of benzene rings is 1. The number of aromatic nitrogens is 2. The molecule has 1 aromatic heterocycles. The normalized spacial score (nSPS) is 10.5. The zero-order valence-corrected chi connectivity index (χ0v) is 14.2. The van der Waals surface area contributed by atoms with Gasteiger partial charge in [-0.25, -0.2) is 0 Å². The van der Waals surface area contributed by atoms with Crippen molar-refractivity contribution >= 4 is 34.6 Å². The lowest BCUT2D eigenvalue weighted by molar-refractivity contribution is 0.505. The van der Waals surface area contributed by atoms with E-state index in [0.29, 0.717) is 16.7 Å². The molecule has 21 heavy (non-hydrogen) atoms. The Balaban J connectivity index is 2.08. The molecule has 0 radical (unpaired) electrons. The van der Waals surface area contributed by atoms with Crippen LogP contribution in [0.5, 0.6) is 0 Å². The summed E-state index contributed by atoms with van der Waals surface area (Å²) in [6.07, 6.45) is 0. The van der Waals surface area contributed by atoms with Crippen LogP contribution in [0.1, 0.15) is 17.0 Å². The van der Waals surface area contributed by atoms with Crippen molar-refractivity contribution in [3.05, 3.63) is 46.2 Å². The number of hydrogen-bond donors (Lipinski definition) is 1. The first-order valence-electron chi connectivity index (χ1n) is 6.66. The van der Waals surface area contributed by atoms with Crippen molar-refractivity contribution in [1.29, 1.82) is 0 Å². The predicted octanol–water partition coefficient (Wildman–Crippen LogP) is 3.52. The molecule has 1 heterocycles. The molecule has 0 amide bonds. The van der Waals surface area contributed by atoms with E-state index in [1.807, 2.05) is 54.9 Å². The smallest absolute Gasteiger partial charge is 0.173 e. The molecule has 1 aromatic carbocycles. The van der Waals surface area contributed by atoms with Crippen molar-refractivity contribution in [2.24, 2.45) is 7.05 Å². The van der Waals surface area contributed by atoms with Crippen LogP contribution in [0.2, 0.25) is 5.02 Å². The summed E-state index contributed by atoms with van der Waals surface area (Å²) in [5.41, 5.74) is 4.20. The van der Waals surface area contributed by atoms with Crippen LogP contribution in [0.3, 0.4) is 0 Å². The zero-order valence-electron chi connectivity index (χ0n) is 12.6. The summed E-state index contributed by atoms with van der Waals surface area (Å²) in [6, 6.07) is 7.56. The fourth-order valence-corrected chi connectivity index (χ4v) is 2.49. The van der Waals surface area contributed by atoms with Gasteiger partial charge < -0.3 is 10.2 Å². The Hall–Kier alpha value is -1.59. The molecule has 0 spiro atoms. The molecular formula is C15H19ClN4S. The first-order chi connectivity index (χ1) is 9.90. The summed E-state index contributed by atoms with van der Waals surface area (Å²) in [7, 11) is 3.91. The summed E-state index contributed by atoms with van der Waals surface area (Å²) in [5.74, 6) is 0. The van der Waals surface area contributed by atoms with E-state index in [1.165, 1.54) is 5.56 Å². The lowest BCUT2D eigenvalue weighted by atomic mass is 10.2. The molecule has 0 saturated heterocycles. The monoisotopic (exact) mass is 322 g/mol. The molecule has 0 aliphatic heterocycles. The summed E-state index contributed by atoms with van der Waals surface area (Å²) in [5, 5.41) is 8.89. The standard InChI is InChI=1S/C15H19ClN4S/c1-10-12(11(2)20(4)18-10)9-19(3)15(21)17-14-8-6-5-7-13(14)16/h5-8H,9H2,1-4H3,(H,17,21). The van der Waals surface area contributed by atoms with Gasteiger partial charge >= 0.3 is 0 Å². The lowest BCUT2D eigenvalue weighted by Crippen LogP contribution is -2.31. The fourth-order valence-electron chi connectivity index (χ4n) is 2.13. The Morgan fingerprint density at radius 2 is 2.05 bits per heavy atom. The number of aryl methyl sites for hydroxylation is 2. The van der Waals surface area contributed by atoms with Crippen molar-refractivity contribution in [2.75, 3.05) is 12.4 Å². The van der Waals surface area contributed by atoms with Crippen LogP contribution in [0.4, 0.5) is 5.69 Å². The number of thiocarbonyl (C=S) groups is 1. The van der Waals surface area contributed by atoms with Gasteiger partial charge in [-0.05, 0) is 38.2 Å². The highest BCUT2D eigenvalue weighted by atomic mass is 35.5. The van der Waals surface area contributed by atoms with Crippen LogP contribution >= 0.6 is 23.8 Å². The van der Waals surface area contributed by atoms with Crippen LogP contribution in [0.25, 0.3) is 0 Å². The van der Waals surface area contributed by atoms with Crippen molar-refractivity contribution < 1.29 is 0 Å². The number of nitrogens with zero attached hydrogens (tertiary/aromatic N) is 3. The van der Waals surface area contributed by atoms with Crippen LogP contribution in [0.15, 0.2) is 24.3 Å². The SMILES string of the molecule is Cc1nn(C)c(C)c1CN(C)C(=S)Nc1ccccc1Cl. The molecule has 1 N–H and O–H groups in total. The van der Waals surface area contributed by atoms with Gasteiger partial charge in [0.05, 0.1) is 16.4 Å². The Morgan fingerprint density at radius 3 is 2.62 bits per heavy atom. The molecule has 0 bridgehead atoms. The number of anilines is 1. The molecule has 0 unspecified atom stereocenters. The maximum atomic E-state index is 6.13. The quantitative estimate of drug-likeness (QED) is 0.877. The molecule has 0 aliphatic carbocycles. The maximum absolute atomic E-state index is 6.13. The second kappa shape index (κ2) is 6.45. The Labute approximate surface area is 135 Å². The highest BCUT2D eigenvalue weighted by Gasteiger charge is 2.14. The van der Waals surface area contributed by atoms with Crippen LogP contribution < -0.4 is 5.32 Å². The number of halogens is 1. The molecule has 2 aromatic rings. The van der Waals surface area contributed by atoms with Crippen molar-refractivity contribution in [3.63, 3.8) is 0 Å². The lowest BCUT2D eigenvalue weighted by Gasteiger charge is -2.21. The van der Waals surface area contributed by atoms with Gasteiger partial charge in [-0.1, -0.05) is 23.7 Å². The molecule has 112 valence electrons. The number of para-hydroxylation sites is 1. The van der Waals surface area contributed by atoms with Gasteiger partial charge in [0.25, 0.3) is 0 Å². The van der Waals surface area contributed by atoms with Gasteiger partial charge in [0.1, 0.15) is 0 Å². The minimum Gasteiger partial charge on any atom is -0.348 e. The third-order valence-electron chi connectivity index (χ3n) is 3.52. The molecule has 0 aliphatic rings. The van der Waals surface area contributed by atoms with E-state index < -0.39 is 0 Å². The van der Waals surface area contributed by atoms with Gasteiger partial charge in [0.2, 0.25) is 0 Å². The van der Waals surface area contributed by atoms with E-state index in [-0.39, 0.29) is 0 Å². The van der Waals surface area contributed by atoms with Gasteiger partial charge in [0, 0.05) is 31.9 Å². The number of nitrogens with one attached hydrogen (secondary N) is 1. The van der Waals surface area contributed by atoms with Crippen molar-refractivity contribution in [3.8, 4) is 0 Å². The highest BCUT2D eigenvalue weighted by molar-refractivity contribution is 7.80. The van der Waals surface area contributed by atoms with E-state index in [0.717, 1.165) is 17.1 Å². The molecule has 0 fully saturated rings. The summed E-state index contributed by atoms with van der Waals surface area (Å²) in [6.45, 7) is 4.79. The Bertz CT molecular complexity index is 666. The minimum absolute atomic E-state index is 0.630. The first-order valence-corrected chi connectivity index (χ1v) is 7.44. The second-order valence-electron chi connectivity index (χ2n) is 5.04. The summed E-state index contributed by atoms with van der Waals surface area (Å²) >= 11 is 11.6. The summed E-state index contributed by atoms with van der Waals surface area (Å²) in [4.78, 5) is 1.98. The Morgan fingerprint density at radius 1 is 1.38 bits per heavy atom. The summed E-state index contributed by atoms with van der Waals surface area (Å²) < 4.78 is 1.89. The third kappa shape index (κ3) is 3.54. The molecule has 6 heteroatoms.